The normalized spacial score (nSPS) is 14.7. The number of carboxylic acids is 1. The maximum atomic E-state index is 11.0. The van der Waals surface area contributed by atoms with Crippen LogP contribution in [-0.4, -0.2) is 21.7 Å². The molecular formula is C10H11ClO2S. The second-order valence-electron chi connectivity index (χ2n) is 3.08. The highest BCUT2D eigenvalue weighted by molar-refractivity contribution is 8.01. The van der Waals surface area contributed by atoms with Gasteiger partial charge in [0.15, 0.2) is 0 Å². The van der Waals surface area contributed by atoms with Crippen LogP contribution >= 0.6 is 23.4 Å². The number of halogens is 1. The van der Waals surface area contributed by atoms with Gasteiger partial charge in [-0.2, -0.15) is 0 Å². The molecule has 0 bridgehead atoms. The molecule has 1 aromatic rings. The second kappa shape index (κ2) is 4.71. The van der Waals surface area contributed by atoms with E-state index in [1.165, 1.54) is 11.8 Å². The molecule has 1 rings (SSSR count). The van der Waals surface area contributed by atoms with E-state index in [1.54, 1.807) is 6.92 Å². The molecule has 0 spiro atoms. The summed E-state index contributed by atoms with van der Waals surface area (Å²) in [4.78, 5) is 11.9. The molecule has 0 heterocycles. The van der Waals surface area contributed by atoms with E-state index >= 15 is 0 Å². The van der Waals surface area contributed by atoms with Crippen molar-refractivity contribution in [3.8, 4) is 0 Å². The number of thioether (sulfide) groups is 1. The van der Waals surface area contributed by atoms with Crippen molar-refractivity contribution in [2.75, 3.05) is 5.88 Å². The van der Waals surface area contributed by atoms with Crippen LogP contribution in [0, 0.1) is 0 Å². The molecule has 1 atom stereocenters. The van der Waals surface area contributed by atoms with Crippen molar-refractivity contribution in [1.29, 1.82) is 0 Å². The highest BCUT2D eigenvalue weighted by atomic mass is 35.5. The summed E-state index contributed by atoms with van der Waals surface area (Å²) in [6.07, 6.45) is 0. The van der Waals surface area contributed by atoms with E-state index < -0.39 is 10.7 Å². The summed E-state index contributed by atoms with van der Waals surface area (Å²) >= 11 is 6.92. The van der Waals surface area contributed by atoms with Crippen molar-refractivity contribution in [3.63, 3.8) is 0 Å². The number of benzene rings is 1. The van der Waals surface area contributed by atoms with Crippen LogP contribution in [0.1, 0.15) is 6.92 Å². The summed E-state index contributed by atoms with van der Waals surface area (Å²) in [7, 11) is 0. The lowest BCUT2D eigenvalue weighted by molar-refractivity contribution is -0.138. The van der Waals surface area contributed by atoms with E-state index in [4.69, 9.17) is 16.7 Å². The molecule has 2 nitrogen and oxygen atoms in total. The number of alkyl halides is 1. The van der Waals surface area contributed by atoms with Gasteiger partial charge in [0.25, 0.3) is 0 Å². The molecule has 0 aromatic heterocycles. The van der Waals surface area contributed by atoms with Crippen molar-refractivity contribution in [2.24, 2.45) is 0 Å². The van der Waals surface area contributed by atoms with E-state index in [9.17, 15) is 4.79 Å². The molecule has 0 aliphatic rings. The summed E-state index contributed by atoms with van der Waals surface area (Å²) in [5.41, 5.74) is 0. The Hall–Kier alpha value is -0.670. The standard InChI is InChI=1S/C10H11ClO2S/c1-10(7-11,9(12)13)14-8-5-3-2-4-6-8/h2-6H,7H2,1H3,(H,12,13). The van der Waals surface area contributed by atoms with E-state index in [-0.39, 0.29) is 5.88 Å². The zero-order valence-electron chi connectivity index (χ0n) is 7.74. The second-order valence-corrected chi connectivity index (χ2v) is 4.93. The first-order valence-corrected chi connectivity index (χ1v) is 5.47. The largest absolute Gasteiger partial charge is 0.480 e. The van der Waals surface area contributed by atoms with Crippen molar-refractivity contribution in [2.45, 2.75) is 16.6 Å². The molecule has 0 fully saturated rings. The average Bonchev–Trinajstić information content (AvgIpc) is 2.19. The van der Waals surface area contributed by atoms with Crippen LogP contribution in [0.5, 0.6) is 0 Å². The minimum atomic E-state index is -0.955. The van der Waals surface area contributed by atoms with Crippen molar-refractivity contribution in [1.82, 2.24) is 0 Å². The van der Waals surface area contributed by atoms with Gasteiger partial charge < -0.3 is 5.11 Å². The van der Waals surface area contributed by atoms with Gasteiger partial charge in [0.05, 0.1) is 0 Å². The molecule has 14 heavy (non-hydrogen) atoms. The molecule has 0 radical (unpaired) electrons. The Bertz CT molecular complexity index is 315. The maximum absolute atomic E-state index is 11.0. The Balaban J connectivity index is 2.81. The number of hydrogen-bond acceptors (Lipinski definition) is 2. The number of aliphatic carboxylic acids is 1. The summed E-state index contributed by atoms with van der Waals surface area (Å²) in [6, 6.07) is 9.39. The van der Waals surface area contributed by atoms with Gasteiger partial charge in [0.1, 0.15) is 4.75 Å². The van der Waals surface area contributed by atoms with Crippen LogP contribution in [-0.2, 0) is 4.79 Å². The Morgan fingerprint density at radius 3 is 2.50 bits per heavy atom. The van der Waals surface area contributed by atoms with Crippen LogP contribution in [0.25, 0.3) is 0 Å². The molecule has 1 aromatic carbocycles. The summed E-state index contributed by atoms with van der Waals surface area (Å²) in [5, 5.41) is 8.99. The quantitative estimate of drug-likeness (QED) is 0.639. The smallest absolute Gasteiger partial charge is 0.321 e. The SMILES string of the molecule is CC(CCl)(Sc1ccccc1)C(=O)O. The van der Waals surface area contributed by atoms with Gasteiger partial charge in [0, 0.05) is 10.8 Å². The van der Waals surface area contributed by atoms with Crippen LogP contribution in [0.2, 0.25) is 0 Å². The van der Waals surface area contributed by atoms with Crippen molar-refractivity contribution >= 4 is 29.3 Å². The number of hydrogen-bond donors (Lipinski definition) is 1. The Kier molecular flexibility index (Phi) is 3.84. The molecule has 4 heteroatoms. The first-order valence-electron chi connectivity index (χ1n) is 4.12. The van der Waals surface area contributed by atoms with E-state index in [2.05, 4.69) is 0 Å². The first kappa shape index (κ1) is 11.4. The predicted molar refractivity (Wildman–Crippen MR) is 59.1 cm³/mol. The maximum Gasteiger partial charge on any atom is 0.321 e. The molecular weight excluding hydrogens is 220 g/mol. The number of carboxylic acid groups (broad SMARTS) is 1. The van der Waals surface area contributed by atoms with Crippen LogP contribution in [0.3, 0.4) is 0 Å². The van der Waals surface area contributed by atoms with Gasteiger partial charge in [-0.05, 0) is 19.1 Å². The number of carbonyl (C=O) groups is 1. The topological polar surface area (TPSA) is 37.3 Å². The van der Waals surface area contributed by atoms with Gasteiger partial charge in [-0.3, -0.25) is 4.79 Å². The Labute approximate surface area is 92.3 Å². The summed E-state index contributed by atoms with van der Waals surface area (Å²) < 4.78 is -0.955. The molecule has 0 amide bonds. The molecule has 76 valence electrons. The fourth-order valence-electron chi connectivity index (χ4n) is 0.877. The van der Waals surface area contributed by atoms with Gasteiger partial charge in [-0.25, -0.2) is 0 Å². The first-order chi connectivity index (χ1) is 6.58. The third-order valence-electron chi connectivity index (χ3n) is 1.79. The van der Waals surface area contributed by atoms with Crippen molar-refractivity contribution < 1.29 is 9.90 Å². The van der Waals surface area contributed by atoms with E-state index in [0.29, 0.717) is 0 Å². The lowest BCUT2D eigenvalue weighted by atomic mass is 10.2. The van der Waals surface area contributed by atoms with Gasteiger partial charge >= 0.3 is 5.97 Å². The van der Waals surface area contributed by atoms with Crippen molar-refractivity contribution in [3.05, 3.63) is 30.3 Å². The summed E-state index contributed by atoms with van der Waals surface area (Å²) in [6.45, 7) is 1.62. The van der Waals surface area contributed by atoms with Crippen LogP contribution < -0.4 is 0 Å². The minimum absolute atomic E-state index is 0.0852. The monoisotopic (exact) mass is 230 g/mol. The molecule has 1 N–H and O–H groups in total. The molecule has 0 saturated carbocycles. The van der Waals surface area contributed by atoms with E-state index in [0.717, 1.165) is 4.90 Å². The average molecular weight is 231 g/mol. The van der Waals surface area contributed by atoms with E-state index in [1.807, 2.05) is 30.3 Å². The highest BCUT2D eigenvalue weighted by Gasteiger charge is 2.33. The fraction of sp³-hybridized carbons (Fsp3) is 0.300. The van der Waals surface area contributed by atoms with Gasteiger partial charge in [-0.1, -0.05) is 18.2 Å². The van der Waals surface area contributed by atoms with Crippen LogP contribution in [0.4, 0.5) is 0 Å². The lowest BCUT2D eigenvalue weighted by Gasteiger charge is -2.20. The molecule has 1 unspecified atom stereocenters. The lowest BCUT2D eigenvalue weighted by Crippen LogP contribution is -2.33. The van der Waals surface area contributed by atoms with Crippen LogP contribution in [0.15, 0.2) is 35.2 Å². The zero-order chi connectivity index (χ0) is 10.6. The summed E-state index contributed by atoms with van der Waals surface area (Å²) in [5.74, 6) is -0.802. The Morgan fingerprint density at radius 1 is 1.50 bits per heavy atom. The molecule has 0 aliphatic carbocycles. The molecule has 0 saturated heterocycles. The fourth-order valence-corrected chi connectivity index (χ4v) is 2.11. The third kappa shape index (κ3) is 2.66. The minimum Gasteiger partial charge on any atom is -0.480 e. The zero-order valence-corrected chi connectivity index (χ0v) is 9.31. The number of rotatable bonds is 4. The van der Waals surface area contributed by atoms with Gasteiger partial charge in [0.2, 0.25) is 0 Å². The predicted octanol–water partition coefficient (Wildman–Crippen LogP) is 2.86. The van der Waals surface area contributed by atoms with Gasteiger partial charge in [-0.15, -0.1) is 23.4 Å². The third-order valence-corrected chi connectivity index (χ3v) is 3.76. The Morgan fingerprint density at radius 2 is 2.07 bits per heavy atom. The highest BCUT2D eigenvalue weighted by Crippen LogP contribution is 2.33. The molecule has 0 aliphatic heterocycles.